The summed E-state index contributed by atoms with van der Waals surface area (Å²) in [6.07, 6.45) is 0.793. The Morgan fingerprint density at radius 2 is 2.26 bits per heavy atom. The third kappa shape index (κ3) is 4.00. The molecule has 0 spiro atoms. The zero-order chi connectivity index (χ0) is 13.8. The SMILES string of the molecule is CC(N)Cc1cc(OCc2nnn(C)n2)ccc1Br. The first-order valence-electron chi connectivity index (χ1n) is 5.94. The van der Waals surface area contributed by atoms with Gasteiger partial charge in [-0.1, -0.05) is 15.9 Å². The fraction of sp³-hybridized carbons (Fsp3) is 0.417. The molecule has 0 saturated carbocycles. The van der Waals surface area contributed by atoms with E-state index >= 15 is 0 Å². The molecule has 0 amide bonds. The van der Waals surface area contributed by atoms with Crippen LogP contribution < -0.4 is 10.5 Å². The van der Waals surface area contributed by atoms with Crippen molar-refractivity contribution in [3.8, 4) is 5.75 Å². The van der Waals surface area contributed by atoms with Crippen molar-refractivity contribution < 1.29 is 4.74 Å². The van der Waals surface area contributed by atoms with Gasteiger partial charge in [0.2, 0.25) is 5.82 Å². The molecule has 0 aliphatic rings. The molecule has 2 N–H and O–H groups in total. The second-order valence-electron chi connectivity index (χ2n) is 4.42. The average molecular weight is 326 g/mol. The molecule has 2 aromatic rings. The van der Waals surface area contributed by atoms with E-state index in [-0.39, 0.29) is 6.04 Å². The lowest BCUT2D eigenvalue weighted by molar-refractivity contribution is 0.295. The molecule has 102 valence electrons. The van der Waals surface area contributed by atoms with Crippen LogP contribution in [0.1, 0.15) is 18.3 Å². The maximum Gasteiger partial charge on any atom is 0.212 e. The standard InChI is InChI=1S/C12H16BrN5O/c1-8(14)5-9-6-10(3-4-11(9)13)19-7-12-15-17-18(2)16-12/h3-4,6,8H,5,7,14H2,1-2H3. The van der Waals surface area contributed by atoms with Crippen LogP contribution in [0.25, 0.3) is 0 Å². The molecule has 1 aromatic carbocycles. The van der Waals surface area contributed by atoms with Crippen LogP contribution >= 0.6 is 15.9 Å². The van der Waals surface area contributed by atoms with E-state index in [0.29, 0.717) is 12.4 Å². The summed E-state index contributed by atoms with van der Waals surface area (Å²) in [5.74, 6) is 1.32. The highest BCUT2D eigenvalue weighted by Gasteiger charge is 2.07. The van der Waals surface area contributed by atoms with Crippen molar-refractivity contribution in [3.05, 3.63) is 34.1 Å². The highest BCUT2D eigenvalue weighted by atomic mass is 79.9. The van der Waals surface area contributed by atoms with E-state index in [4.69, 9.17) is 10.5 Å². The number of hydrogen-bond acceptors (Lipinski definition) is 5. The van der Waals surface area contributed by atoms with E-state index in [9.17, 15) is 0 Å². The first-order chi connectivity index (χ1) is 9.04. The van der Waals surface area contributed by atoms with E-state index in [2.05, 4.69) is 31.3 Å². The number of aromatic nitrogens is 4. The normalized spacial score (nSPS) is 12.4. The van der Waals surface area contributed by atoms with Crippen molar-refractivity contribution in [2.75, 3.05) is 0 Å². The van der Waals surface area contributed by atoms with Crippen LogP contribution in [0.15, 0.2) is 22.7 Å². The van der Waals surface area contributed by atoms with Gasteiger partial charge in [-0.15, -0.1) is 10.2 Å². The van der Waals surface area contributed by atoms with Crippen molar-refractivity contribution >= 4 is 15.9 Å². The van der Waals surface area contributed by atoms with Crippen molar-refractivity contribution in [2.24, 2.45) is 12.8 Å². The Morgan fingerprint density at radius 1 is 1.47 bits per heavy atom. The van der Waals surface area contributed by atoms with Gasteiger partial charge in [-0.2, -0.15) is 4.80 Å². The Hall–Kier alpha value is -1.47. The average Bonchev–Trinajstić information content (AvgIpc) is 2.75. The maximum atomic E-state index is 5.82. The smallest absolute Gasteiger partial charge is 0.212 e. The van der Waals surface area contributed by atoms with Crippen molar-refractivity contribution in [3.63, 3.8) is 0 Å². The lowest BCUT2D eigenvalue weighted by Gasteiger charge is -2.10. The van der Waals surface area contributed by atoms with Crippen LogP contribution in [0.5, 0.6) is 5.75 Å². The molecule has 0 bridgehead atoms. The third-order valence-corrected chi connectivity index (χ3v) is 3.25. The van der Waals surface area contributed by atoms with Gasteiger partial charge in [0.05, 0.1) is 7.05 Å². The first-order valence-corrected chi connectivity index (χ1v) is 6.73. The van der Waals surface area contributed by atoms with Gasteiger partial charge in [0.25, 0.3) is 0 Å². The minimum absolute atomic E-state index is 0.105. The number of tetrazole rings is 1. The summed E-state index contributed by atoms with van der Waals surface area (Å²) < 4.78 is 6.68. The third-order valence-electron chi connectivity index (χ3n) is 2.48. The Balaban J connectivity index is 2.04. The second-order valence-corrected chi connectivity index (χ2v) is 5.27. The summed E-state index contributed by atoms with van der Waals surface area (Å²) in [6, 6.07) is 5.93. The van der Waals surface area contributed by atoms with Gasteiger partial charge >= 0.3 is 0 Å². The molecular weight excluding hydrogens is 310 g/mol. The second kappa shape index (κ2) is 6.12. The van der Waals surface area contributed by atoms with Crippen LogP contribution in [-0.4, -0.2) is 26.2 Å². The zero-order valence-corrected chi connectivity index (χ0v) is 12.5. The quantitative estimate of drug-likeness (QED) is 0.899. The molecule has 1 atom stereocenters. The van der Waals surface area contributed by atoms with Gasteiger partial charge in [0, 0.05) is 10.5 Å². The van der Waals surface area contributed by atoms with E-state index in [0.717, 1.165) is 22.2 Å². The number of benzene rings is 1. The Kier molecular flexibility index (Phi) is 4.49. The van der Waals surface area contributed by atoms with E-state index in [1.165, 1.54) is 4.80 Å². The molecule has 0 radical (unpaired) electrons. The molecule has 1 unspecified atom stereocenters. The summed E-state index contributed by atoms with van der Waals surface area (Å²) in [5.41, 5.74) is 6.94. The zero-order valence-electron chi connectivity index (χ0n) is 10.9. The first kappa shape index (κ1) is 14.0. The minimum Gasteiger partial charge on any atom is -0.485 e. The van der Waals surface area contributed by atoms with Crippen LogP contribution in [0.4, 0.5) is 0 Å². The molecule has 1 heterocycles. The number of hydrogen-bond donors (Lipinski definition) is 1. The summed E-state index contributed by atoms with van der Waals surface area (Å²) in [4.78, 5) is 1.40. The molecular formula is C12H16BrN5O. The molecule has 0 fully saturated rings. The van der Waals surface area contributed by atoms with Gasteiger partial charge in [0.15, 0.2) is 6.61 Å². The number of nitrogens with two attached hydrogens (primary N) is 1. The largest absolute Gasteiger partial charge is 0.485 e. The number of aryl methyl sites for hydroxylation is 1. The lowest BCUT2D eigenvalue weighted by atomic mass is 10.1. The predicted molar refractivity (Wildman–Crippen MR) is 74.6 cm³/mol. The van der Waals surface area contributed by atoms with Gasteiger partial charge in [-0.3, -0.25) is 0 Å². The monoisotopic (exact) mass is 325 g/mol. The molecule has 0 aliphatic carbocycles. The number of halogens is 1. The van der Waals surface area contributed by atoms with E-state index in [1.807, 2.05) is 25.1 Å². The minimum atomic E-state index is 0.105. The summed E-state index contributed by atoms with van der Waals surface area (Å²) in [6.45, 7) is 2.27. The van der Waals surface area contributed by atoms with Gasteiger partial charge in [-0.25, -0.2) is 0 Å². The van der Waals surface area contributed by atoms with Crippen molar-refractivity contribution in [1.82, 2.24) is 20.2 Å². The Morgan fingerprint density at radius 3 is 2.89 bits per heavy atom. The molecule has 2 rings (SSSR count). The summed E-state index contributed by atoms with van der Waals surface area (Å²) >= 11 is 3.51. The predicted octanol–water partition coefficient (Wildman–Crippen LogP) is 1.44. The fourth-order valence-corrected chi connectivity index (χ4v) is 2.08. The fourth-order valence-electron chi connectivity index (χ4n) is 1.67. The van der Waals surface area contributed by atoms with Gasteiger partial charge in [0.1, 0.15) is 5.75 Å². The van der Waals surface area contributed by atoms with Crippen molar-refractivity contribution in [2.45, 2.75) is 26.0 Å². The van der Waals surface area contributed by atoms with E-state index in [1.54, 1.807) is 7.05 Å². The highest BCUT2D eigenvalue weighted by Crippen LogP contribution is 2.24. The summed E-state index contributed by atoms with van der Waals surface area (Å²) in [5, 5.41) is 11.7. The number of ether oxygens (including phenoxy) is 1. The lowest BCUT2D eigenvalue weighted by Crippen LogP contribution is -2.18. The molecule has 7 heteroatoms. The number of rotatable bonds is 5. The van der Waals surface area contributed by atoms with Gasteiger partial charge < -0.3 is 10.5 Å². The molecule has 0 aliphatic heterocycles. The Labute approximate surface area is 120 Å². The molecule has 1 aromatic heterocycles. The van der Waals surface area contributed by atoms with Crippen LogP contribution in [0.3, 0.4) is 0 Å². The van der Waals surface area contributed by atoms with Crippen LogP contribution in [0.2, 0.25) is 0 Å². The van der Waals surface area contributed by atoms with E-state index < -0.39 is 0 Å². The van der Waals surface area contributed by atoms with Crippen LogP contribution in [0, 0.1) is 0 Å². The van der Waals surface area contributed by atoms with Crippen molar-refractivity contribution in [1.29, 1.82) is 0 Å². The highest BCUT2D eigenvalue weighted by molar-refractivity contribution is 9.10. The molecule has 19 heavy (non-hydrogen) atoms. The topological polar surface area (TPSA) is 78.9 Å². The summed E-state index contributed by atoms with van der Waals surface area (Å²) in [7, 11) is 1.72. The van der Waals surface area contributed by atoms with Crippen LogP contribution in [-0.2, 0) is 20.1 Å². The maximum absolute atomic E-state index is 5.82. The number of nitrogens with zero attached hydrogens (tertiary/aromatic N) is 4. The Bertz CT molecular complexity index is 555. The molecule has 6 nitrogen and oxygen atoms in total. The van der Waals surface area contributed by atoms with Gasteiger partial charge in [-0.05, 0) is 42.3 Å². The molecule has 0 saturated heterocycles.